The average Bonchev–Trinajstić information content (AvgIpc) is 3.85. The van der Waals surface area contributed by atoms with Crippen LogP contribution in [0.15, 0.2) is 96.3 Å². The largest absolute Gasteiger partial charge is 0.485 e. The van der Waals surface area contributed by atoms with Crippen LogP contribution >= 0.6 is 0 Å². The molecule has 1 heterocycles. The van der Waals surface area contributed by atoms with Crippen molar-refractivity contribution in [2.75, 3.05) is 13.1 Å². The van der Waals surface area contributed by atoms with Crippen LogP contribution in [-0.4, -0.2) is 126 Å². The number of aromatic amines is 1. The van der Waals surface area contributed by atoms with Crippen molar-refractivity contribution in [3.8, 4) is 0 Å². The maximum Gasteiger partial charge on any atom is 0.485 e. The molecule has 0 spiro atoms. The third-order valence-corrected chi connectivity index (χ3v) is 13.0. The number of carbonyl (C=O) groups excluding carboxylic acids is 9. The molecule has 0 fully saturated rings. The topological polar surface area (TPSA) is 390 Å². The van der Waals surface area contributed by atoms with Gasteiger partial charge in [0.15, 0.2) is 0 Å². The molecule has 0 bridgehead atoms. The minimum absolute atomic E-state index is 0.0261. The number of aromatic nitrogens is 1. The predicted molar refractivity (Wildman–Crippen MR) is 300 cm³/mol. The lowest BCUT2D eigenvalue weighted by Gasteiger charge is -2.28. The Bertz CT molecular complexity index is 2820. The summed E-state index contributed by atoms with van der Waals surface area (Å²) in [5, 5.41) is 27.5. The zero-order valence-electron chi connectivity index (χ0n) is 45.8. The van der Waals surface area contributed by atoms with Crippen LogP contribution in [0, 0.1) is 21.6 Å². The number of carbonyl (C=O) groups is 9. The monoisotopic (exact) mass is 1110 g/mol. The second-order valence-corrected chi connectivity index (χ2v) is 20.0. The van der Waals surface area contributed by atoms with Gasteiger partial charge < -0.3 is 53.3 Å². The molecule has 0 aliphatic heterocycles. The molecule has 0 aliphatic carbocycles. The van der Waals surface area contributed by atoms with E-state index < -0.39 is 113 Å². The van der Waals surface area contributed by atoms with E-state index in [0.717, 1.165) is 10.9 Å². The smallest absolute Gasteiger partial charge is 0.368 e. The Morgan fingerprint density at radius 2 is 1.04 bits per heavy atom. The average molecular weight is 1110 g/mol. The summed E-state index contributed by atoms with van der Waals surface area (Å²) < 4.78 is 0. The number of fused-ring (bicyclic) bond motifs is 1. The first-order valence-electron chi connectivity index (χ1n) is 26.5. The van der Waals surface area contributed by atoms with E-state index in [0.29, 0.717) is 24.0 Å². The summed E-state index contributed by atoms with van der Waals surface area (Å²) >= 11 is 0. The van der Waals surface area contributed by atoms with Crippen LogP contribution in [-0.2, 0) is 51.2 Å². The quantitative estimate of drug-likeness (QED) is 0.0104. The molecule has 4 aromatic rings. The lowest BCUT2D eigenvalue weighted by atomic mass is 9.99. The van der Waals surface area contributed by atoms with Crippen molar-refractivity contribution in [1.29, 1.82) is 0 Å². The van der Waals surface area contributed by atoms with Crippen LogP contribution in [0.3, 0.4) is 0 Å². The number of rotatable bonds is 32. The van der Waals surface area contributed by atoms with E-state index in [1.807, 2.05) is 18.2 Å². The molecule has 3 aromatic carbocycles. The van der Waals surface area contributed by atoms with E-state index >= 15 is 0 Å². The van der Waals surface area contributed by atoms with Gasteiger partial charge in [-0.15, -0.1) is 0 Å². The highest BCUT2D eigenvalue weighted by Crippen LogP contribution is 2.20. The zero-order valence-corrected chi connectivity index (χ0v) is 45.8. The molecule has 0 radical (unpaired) electrons. The van der Waals surface area contributed by atoms with Crippen molar-refractivity contribution in [1.82, 2.24) is 57.7 Å². The molecule has 8 atom stereocenters. The van der Waals surface area contributed by atoms with E-state index in [-0.39, 0.29) is 56.7 Å². The molecule has 0 aliphatic rings. The molecule has 430 valence electrons. The number of benzene rings is 3. The summed E-state index contributed by atoms with van der Waals surface area (Å²) in [6.45, 7) is 9.57. The van der Waals surface area contributed by atoms with Gasteiger partial charge in [0.2, 0.25) is 47.3 Å². The molecule has 80 heavy (non-hydrogen) atoms. The number of nitrogens with one attached hydrogen (secondary N) is 10. The maximum absolute atomic E-state index is 14.3. The van der Waals surface area contributed by atoms with Crippen molar-refractivity contribution in [2.24, 2.45) is 28.5 Å². The van der Waals surface area contributed by atoms with Gasteiger partial charge in [-0.1, -0.05) is 99.6 Å². The van der Waals surface area contributed by atoms with Gasteiger partial charge >= 0.3 is 5.96 Å². The van der Waals surface area contributed by atoms with Crippen LogP contribution in [0.5, 0.6) is 0 Å². The number of unbranched alkanes of at least 4 members (excludes halogenated alkanes) is 1. The van der Waals surface area contributed by atoms with Crippen molar-refractivity contribution < 1.29 is 43.2 Å². The number of amides is 9. The lowest BCUT2D eigenvalue weighted by Crippen LogP contribution is -2.61. The van der Waals surface area contributed by atoms with E-state index in [2.05, 4.69) is 62.9 Å². The Kier molecular flexibility index (Phi) is 25.4. The number of guanidine groups is 1. The Morgan fingerprint density at radius 1 is 0.537 bits per heavy atom. The number of nitrogens with zero attached hydrogens (tertiary/aromatic N) is 2. The van der Waals surface area contributed by atoms with Crippen molar-refractivity contribution in [3.63, 3.8) is 0 Å². The second-order valence-electron chi connectivity index (χ2n) is 20.0. The van der Waals surface area contributed by atoms with E-state index in [4.69, 9.17) is 11.5 Å². The van der Waals surface area contributed by atoms with Crippen molar-refractivity contribution in [2.45, 2.75) is 135 Å². The van der Waals surface area contributed by atoms with Gasteiger partial charge in [-0.2, -0.15) is 4.91 Å². The third-order valence-electron chi connectivity index (χ3n) is 13.0. The van der Waals surface area contributed by atoms with Crippen LogP contribution in [0.25, 0.3) is 10.9 Å². The number of hydrogen-bond acceptors (Lipinski definition) is 12. The van der Waals surface area contributed by atoms with E-state index in [9.17, 15) is 53.0 Å². The van der Waals surface area contributed by atoms with Gasteiger partial charge in [-0.3, -0.25) is 54.2 Å². The fourth-order valence-corrected chi connectivity index (χ4v) is 8.43. The molecule has 0 saturated heterocycles. The Hall–Kier alpha value is -8.99. The first-order valence-corrected chi connectivity index (χ1v) is 26.5. The van der Waals surface area contributed by atoms with Crippen LogP contribution in [0.4, 0.5) is 0 Å². The van der Waals surface area contributed by atoms with Gasteiger partial charge in [0.25, 0.3) is 5.91 Å². The first-order chi connectivity index (χ1) is 38.1. The van der Waals surface area contributed by atoms with Gasteiger partial charge in [-0.05, 0) is 87.1 Å². The summed E-state index contributed by atoms with van der Waals surface area (Å²) in [5.74, 6) is -8.09. The first kappa shape index (κ1) is 63.5. The summed E-state index contributed by atoms with van der Waals surface area (Å²) in [5.41, 5.74) is 13.4. The minimum atomic E-state index is -1.31. The van der Waals surface area contributed by atoms with Crippen molar-refractivity contribution in [3.05, 3.63) is 118 Å². The molecular weight excluding hydrogens is 1030 g/mol. The second kappa shape index (κ2) is 32.0. The molecule has 8 unspecified atom stereocenters. The normalized spacial score (nSPS) is 14.0. The fourth-order valence-electron chi connectivity index (χ4n) is 8.43. The molecule has 25 heteroatoms. The standard InChI is InChI=1S/C55H74N14O11/c1-31(2)44(67-51(75)42(28-35-18-9-7-10-19-35)66-50(74)41(25-17-26-58-55(57)69-80)64-49(73)36-20-11-8-12-21-36)53(77)62-33(5)47(71)61-34(6)48(72)65-43(29-37-30-59-39-23-14-13-22-38(37)39)52(76)68-45(32(3)4)54(78)63-40(46(56)70)24-15-16-27-60-79/h7-14,18-23,30-34,40-45,59H,15-17,24-29H2,1-6H3,(H12,56,57,58,61,62,63,64,65,66,67,68,70,71,72,73,74,75,76,77,78)/p+1. The van der Waals surface area contributed by atoms with E-state index in [1.165, 1.54) is 13.8 Å². The molecule has 25 nitrogen and oxygen atoms in total. The summed E-state index contributed by atoms with van der Waals surface area (Å²) in [4.78, 5) is 150. The molecule has 4 rings (SSSR count). The van der Waals surface area contributed by atoms with Crippen LogP contribution in [0.1, 0.15) is 95.1 Å². The zero-order chi connectivity index (χ0) is 58.9. The van der Waals surface area contributed by atoms with Gasteiger partial charge in [0.05, 0.1) is 13.1 Å². The highest BCUT2D eigenvalue weighted by Gasteiger charge is 2.35. The van der Waals surface area contributed by atoms with Gasteiger partial charge in [0.1, 0.15) is 48.3 Å². The van der Waals surface area contributed by atoms with Crippen LogP contribution in [0.2, 0.25) is 0 Å². The van der Waals surface area contributed by atoms with E-state index in [1.54, 1.807) is 101 Å². The van der Waals surface area contributed by atoms with Crippen LogP contribution < -0.4 is 64.2 Å². The summed E-state index contributed by atoms with van der Waals surface area (Å²) in [7, 11) is 0. The Balaban J connectivity index is 1.47. The number of primary amides is 1. The molecular formula is C55H75N14O11+. The number of para-hydroxylation sites is 1. The fraction of sp³-hybridized carbons (Fsp3) is 0.455. The minimum Gasteiger partial charge on any atom is -0.368 e. The van der Waals surface area contributed by atoms with Crippen molar-refractivity contribution >= 4 is 70.0 Å². The number of nitroso groups, excluding NO2 is 2. The van der Waals surface area contributed by atoms with Gasteiger partial charge in [0, 0.05) is 45.3 Å². The maximum atomic E-state index is 14.3. The number of nitrogens with two attached hydrogens (primary N) is 2. The highest BCUT2D eigenvalue weighted by molar-refractivity contribution is 6.00. The summed E-state index contributed by atoms with van der Waals surface area (Å²) in [6, 6.07) is 14.3. The molecule has 1 aromatic heterocycles. The lowest BCUT2D eigenvalue weighted by molar-refractivity contribution is -0.136. The van der Waals surface area contributed by atoms with Gasteiger partial charge in [-0.25, -0.2) is 0 Å². The molecule has 14 N–H and O–H groups in total. The summed E-state index contributed by atoms with van der Waals surface area (Å²) in [6.07, 6.45) is 2.76. The number of hydrogen-bond donors (Lipinski definition) is 12. The predicted octanol–water partition coefficient (Wildman–Crippen LogP) is 0.437. The molecule has 9 amide bonds. The highest BCUT2D eigenvalue weighted by atomic mass is 16.3. The Morgan fingerprint density at radius 3 is 1.62 bits per heavy atom. The Labute approximate surface area is 463 Å². The number of H-pyrrole nitrogens is 1. The SMILES string of the molecule is CC(NC(=O)C(C)NC(=O)C(NC(=O)C(Cc1ccccc1)NC(=O)C(CCCNC(N)=[N+]=O)NC(=O)c1ccccc1)C(C)C)C(=O)NC(Cc1c[nH]c2ccccc12)C(=O)NC(C(=O)NC(CCCCN=O)C(N)=O)C(C)C. The molecule has 0 saturated carbocycles. The third kappa shape index (κ3) is 20.1.